The minimum absolute atomic E-state index is 0.129. The molecule has 1 aliphatic rings. The number of carbonyl (C=O) groups is 1. The zero-order chi connectivity index (χ0) is 22.9. The lowest BCUT2D eigenvalue weighted by Gasteiger charge is -2.24. The summed E-state index contributed by atoms with van der Waals surface area (Å²) in [5, 5.41) is 13.9. The molecule has 0 radical (unpaired) electrons. The number of carbonyl (C=O) groups excluding carboxylic acids is 1. The molecule has 0 aliphatic heterocycles. The van der Waals surface area contributed by atoms with Crippen molar-refractivity contribution in [2.45, 2.75) is 57.2 Å². The number of Topliss-reactive ketones (excluding diaryl/α,β-unsaturated/α-hetero) is 1. The molecule has 2 aromatic heterocycles. The van der Waals surface area contributed by atoms with E-state index in [1.807, 2.05) is 12.1 Å². The number of aromatic nitrogens is 3. The Morgan fingerprint density at radius 1 is 1.06 bits per heavy atom. The van der Waals surface area contributed by atoms with Crippen LogP contribution in [0.5, 0.6) is 0 Å². The van der Waals surface area contributed by atoms with Gasteiger partial charge in [0.2, 0.25) is 0 Å². The summed E-state index contributed by atoms with van der Waals surface area (Å²) in [5.74, 6) is 0.211. The largest absolute Gasteiger partial charge is 0.416 e. The number of halogens is 3. The van der Waals surface area contributed by atoms with E-state index in [-0.39, 0.29) is 18.3 Å². The average Bonchev–Trinajstić information content (AvgIpc) is 3.16. The highest BCUT2D eigenvalue weighted by Gasteiger charge is 2.30. The van der Waals surface area contributed by atoms with Crippen LogP contribution in [0.3, 0.4) is 0 Å². The number of ketones is 1. The van der Waals surface area contributed by atoms with Crippen LogP contribution < -0.4 is 0 Å². The normalized spacial score (nSPS) is 19.2. The van der Waals surface area contributed by atoms with Crippen molar-refractivity contribution in [2.75, 3.05) is 0 Å². The van der Waals surface area contributed by atoms with Gasteiger partial charge in [-0.3, -0.25) is 9.78 Å². The number of alkyl halides is 3. The van der Waals surface area contributed by atoms with Gasteiger partial charge in [0, 0.05) is 24.2 Å². The first-order chi connectivity index (χ1) is 15.2. The first kappa shape index (κ1) is 22.2. The highest BCUT2D eigenvalue weighted by atomic mass is 19.4. The van der Waals surface area contributed by atoms with Crippen LogP contribution in [0.25, 0.3) is 5.69 Å². The van der Waals surface area contributed by atoms with Crippen LogP contribution in [0.2, 0.25) is 0 Å². The molecule has 0 atom stereocenters. The van der Waals surface area contributed by atoms with Crippen molar-refractivity contribution < 1.29 is 23.1 Å². The molecule has 3 aromatic rings. The lowest BCUT2D eigenvalue weighted by Crippen LogP contribution is -2.17. The van der Waals surface area contributed by atoms with E-state index in [0.717, 1.165) is 49.1 Å². The van der Waals surface area contributed by atoms with Crippen molar-refractivity contribution in [3.63, 3.8) is 0 Å². The van der Waals surface area contributed by atoms with E-state index in [2.05, 4.69) is 10.1 Å². The SMILES string of the molecule is Cc1c(C(=O)Cc2ccc(C3CCC(O)CC3)nc2)cnn1-c1ccc(C(F)(F)F)cc1. The van der Waals surface area contributed by atoms with Gasteiger partial charge in [-0.05, 0) is 68.5 Å². The molecule has 4 rings (SSSR count). The molecule has 2 heterocycles. The minimum Gasteiger partial charge on any atom is -0.393 e. The number of hydrogen-bond acceptors (Lipinski definition) is 4. The monoisotopic (exact) mass is 443 g/mol. The van der Waals surface area contributed by atoms with Crippen molar-refractivity contribution >= 4 is 5.78 Å². The summed E-state index contributed by atoms with van der Waals surface area (Å²) in [6.07, 6.45) is 2.11. The molecule has 1 aromatic carbocycles. The van der Waals surface area contributed by atoms with Gasteiger partial charge in [0.25, 0.3) is 0 Å². The molecule has 0 spiro atoms. The van der Waals surface area contributed by atoms with Gasteiger partial charge in [0.05, 0.1) is 34.8 Å². The lowest BCUT2D eigenvalue weighted by atomic mass is 9.85. The van der Waals surface area contributed by atoms with Crippen LogP contribution in [-0.2, 0) is 12.6 Å². The van der Waals surface area contributed by atoms with Crippen LogP contribution in [-0.4, -0.2) is 31.8 Å². The summed E-state index contributed by atoms with van der Waals surface area (Å²) in [6.45, 7) is 1.72. The van der Waals surface area contributed by atoms with Crippen LogP contribution in [0.4, 0.5) is 13.2 Å². The number of nitrogens with zero attached hydrogens (tertiary/aromatic N) is 3. The molecule has 0 saturated heterocycles. The van der Waals surface area contributed by atoms with Gasteiger partial charge in [-0.1, -0.05) is 6.07 Å². The first-order valence-corrected chi connectivity index (χ1v) is 10.6. The summed E-state index contributed by atoms with van der Waals surface area (Å²) >= 11 is 0. The third-order valence-corrected chi connectivity index (χ3v) is 6.08. The van der Waals surface area contributed by atoms with E-state index in [1.54, 1.807) is 13.1 Å². The Bertz CT molecular complexity index is 1080. The number of aliphatic hydroxyl groups is 1. The molecular formula is C24H24F3N3O2. The number of benzene rings is 1. The standard InChI is InChI=1S/C24H24F3N3O2/c1-15-21(14-29-30(15)19-7-5-18(6-8-19)24(25,26)27)23(32)12-16-2-11-22(28-13-16)17-3-9-20(31)10-4-17/h2,5-8,11,13-14,17,20,31H,3-4,9-10,12H2,1H3. The molecule has 168 valence electrons. The Labute approximate surface area is 183 Å². The Balaban J connectivity index is 1.45. The fourth-order valence-electron chi connectivity index (χ4n) is 4.17. The summed E-state index contributed by atoms with van der Waals surface area (Å²) in [5.41, 5.74) is 2.49. The van der Waals surface area contributed by atoms with Crippen molar-refractivity contribution in [3.8, 4) is 5.69 Å². The van der Waals surface area contributed by atoms with Crippen LogP contribution in [0, 0.1) is 6.92 Å². The van der Waals surface area contributed by atoms with Crippen LogP contribution in [0.15, 0.2) is 48.8 Å². The van der Waals surface area contributed by atoms with Gasteiger partial charge in [-0.25, -0.2) is 4.68 Å². The molecule has 0 bridgehead atoms. The highest BCUT2D eigenvalue weighted by molar-refractivity contribution is 5.98. The Morgan fingerprint density at radius 3 is 2.34 bits per heavy atom. The van der Waals surface area contributed by atoms with Crippen molar-refractivity contribution in [2.24, 2.45) is 0 Å². The van der Waals surface area contributed by atoms with E-state index in [1.165, 1.54) is 23.0 Å². The number of rotatable bonds is 5. The molecule has 0 unspecified atom stereocenters. The number of aliphatic hydroxyl groups excluding tert-OH is 1. The van der Waals surface area contributed by atoms with E-state index in [9.17, 15) is 23.1 Å². The van der Waals surface area contributed by atoms with Crippen molar-refractivity contribution in [1.82, 2.24) is 14.8 Å². The molecule has 1 aliphatic carbocycles. The third-order valence-electron chi connectivity index (χ3n) is 6.08. The maximum absolute atomic E-state index is 12.8. The summed E-state index contributed by atoms with van der Waals surface area (Å²) < 4.78 is 39.8. The summed E-state index contributed by atoms with van der Waals surface area (Å²) in [4.78, 5) is 17.4. The van der Waals surface area contributed by atoms with Crippen LogP contribution >= 0.6 is 0 Å². The lowest BCUT2D eigenvalue weighted by molar-refractivity contribution is -0.137. The second kappa shape index (κ2) is 8.86. The first-order valence-electron chi connectivity index (χ1n) is 10.6. The van der Waals surface area contributed by atoms with E-state index in [0.29, 0.717) is 22.9 Å². The van der Waals surface area contributed by atoms with E-state index < -0.39 is 11.7 Å². The van der Waals surface area contributed by atoms with Gasteiger partial charge < -0.3 is 5.11 Å². The maximum atomic E-state index is 12.8. The Kier molecular flexibility index (Phi) is 6.15. The molecule has 5 nitrogen and oxygen atoms in total. The Hall–Kier alpha value is -3.00. The number of hydrogen-bond donors (Lipinski definition) is 1. The second-order valence-corrected chi connectivity index (χ2v) is 8.30. The second-order valence-electron chi connectivity index (χ2n) is 8.30. The van der Waals surface area contributed by atoms with E-state index >= 15 is 0 Å². The summed E-state index contributed by atoms with van der Waals surface area (Å²) in [6, 6.07) is 8.52. The topological polar surface area (TPSA) is 68.0 Å². The highest BCUT2D eigenvalue weighted by Crippen LogP contribution is 2.32. The predicted molar refractivity (Wildman–Crippen MR) is 113 cm³/mol. The smallest absolute Gasteiger partial charge is 0.393 e. The molecule has 32 heavy (non-hydrogen) atoms. The van der Waals surface area contributed by atoms with Gasteiger partial charge in [0.15, 0.2) is 5.78 Å². The van der Waals surface area contributed by atoms with Crippen LogP contribution in [0.1, 0.15) is 64.5 Å². The minimum atomic E-state index is -4.40. The van der Waals surface area contributed by atoms with Gasteiger partial charge >= 0.3 is 6.18 Å². The maximum Gasteiger partial charge on any atom is 0.416 e. The number of pyridine rings is 1. The average molecular weight is 443 g/mol. The molecule has 1 fully saturated rings. The molecular weight excluding hydrogens is 419 g/mol. The zero-order valence-electron chi connectivity index (χ0n) is 17.6. The van der Waals surface area contributed by atoms with E-state index in [4.69, 9.17) is 0 Å². The quantitative estimate of drug-likeness (QED) is 0.561. The molecule has 8 heteroatoms. The zero-order valence-corrected chi connectivity index (χ0v) is 17.6. The molecule has 0 amide bonds. The van der Waals surface area contributed by atoms with Gasteiger partial charge in [-0.2, -0.15) is 18.3 Å². The van der Waals surface area contributed by atoms with Gasteiger partial charge in [0.1, 0.15) is 0 Å². The molecule has 1 saturated carbocycles. The van der Waals surface area contributed by atoms with Crippen molar-refractivity contribution in [3.05, 3.63) is 76.9 Å². The predicted octanol–water partition coefficient (Wildman–Crippen LogP) is 5.04. The fraction of sp³-hybridized carbons (Fsp3) is 0.375. The van der Waals surface area contributed by atoms with Gasteiger partial charge in [-0.15, -0.1) is 0 Å². The molecule has 1 N–H and O–H groups in total. The fourth-order valence-corrected chi connectivity index (χ4v) is 4.17. The Morgan fingerprint density at radius 2 is 1.75 bits per heavy atom. The third kappa shape index (κ3) is 4.75. The summed E-state index contributed by atoms with van der Waals surface area (Å²) in [7, 11) is 0. The van der Waals surface area contributed by atoms with Crippen molar-refractivity contribution in [1.29, 1.82) is 0 Å².